The first kappa shape index (κ1) is 26.5. The zero-order valence-electron chi connectivity index (χ0n) is 22.0. The summed E-state index contributed by atoms with van der Waals surface area (Å²) in [7, 11) is 0. The summed E-state index contributed by atoms with van der Waals surface area (Å²) < 4.78 is 18.9. The van der Waals surface area contributed by atoms with Crippen LogP contribution in [0, 0.1) is 0 Å². The van der Waals surface area contributed by atoms with Gasteiger partial charge in [-0.25, -0.2) is 9.97 Å². The fourth-order valence-electron chi connectivity index (χ4n) is 4.25. The van der Waals surface area contributed by atoms with E-state index >= 15 is 0 Å². The van der Waals surface area contributed by atoms with Gasteiger partial charge in [-0.1, -0.05) is 0 Å². The van der Waals surface area contributed by atoms with E-state index in [1.54, 1.807) is 24.5 Å². The van der Waals surface area contributed by atoms with Crippen LogP contribution >= 0.6 is 0 Å². The Balaban J connectivity index is 1.59. The van der Waals surface area contributed by atoms with Gasteiger partial charge >= 0.3 is 6.09 Å². The molecule has 1 atom stereocenters. The molecule has 1 saturated heterocycles. The second-order valence-electron chi connectivity index (χ2n) is 10.1. The molecule has 4 heterocycles. The minimum atomic E-state index is -0.593. The number of pyridine rings is 2. The molecule has 2 N–H and O–H groups in total. The monoisotopic (exact) mass is 510 g/mol. The highest BCUT2D eigenvalue weighted by Crippen LogP contribution is 2.30. The SMILES string of the molecule is CCOc1ncccc1-c1ccc(OC2CCNCC2)c(C(=O)N[C@H]2C=[N+](C(=O)OC(C)(C)C)CC2)n1. The number of rotatable bonds is 7. The van der Waals surface area contributed by atoms with Crippen molar-refractivity contribution in [2.75, 3.05) is 26.2 Å². The predicted octanol–water partition coefficient (Wildman–Crippen LogP) is 3.19. The smallest absolute Gasteiger partial charge is 0.488 e. The zero-order chi connectivity index (χ0) is 26.4. The molecule has 0 aliphatic carbocycles. The molecule has 0 aromatic carbocycles. The van der Waals surface area contributed by atoms with Crippen LogP contribution in [0.5, 0.6) is 11.6 Å². The number of carbonyl (C=O) groups excluding carboxylic acids is 2. The maximum absolute atomic E-state index is 13.5. The summed E-state index contributed by atoms with van der Waals surface area (Å²) in [6, 6.07) is 6.93. The van der Waals surface area contributed by atoms with E-state index in [0.29, 0.717) is 42.5 Å². The third-order valence-corrected chi connectivity index (χ3v) is 5.97. The molecule has 10 nitrogen and oxygen atoms in total. The lowest BCUT2D eigenvalue weighted by molar-refractivity contribution is -0.438. The minimum Gasteiger partial charge on any atom is -0.488 e. The maximum atomic E-state index is 13.5. The Morgan fingerprint density at radius 1 is 1.16 bits per heavy atom. The lowest BCUT2D eigenvalue weighted by Gasteiger charge is -2.25. The van der Waals surface area contributed by atoms with Gasteiger partial charge in [0, 0.05) is 12.6 Å². The van der Waals surface area contributed by atoms with Gasteiger partial charge in [-0.2, -0.15) is 4.79 Å². The second-order valence-corrected chi connectivity index (χ2v) is 10.1. The zero-order valence-corrected chi connectivity index (χ0v) is 22.0. The summed E-state index contributed by atoms with van der Waals surface area (Å²) in [5, 5.41) is 6.31. The number of nitrogens with one attached hydrogen (secondary N) is 2. The highest BCUT2D eigenvalue weighted by molar-refractivity contribution is 5.97. The Bertz CT molecular complexity index is 1150. The van der Waals surface area contributed by atoms with Crippen LogP contribution < -0.4 is 20.1 Å². The largest absolute Gasteiger partial charge is 0.596 e. The van der Waals surface area contributed by atoms with Crippen LogP contribution in [0.15, 0.2) is 30.5 Å². The number of amides is 2. The van der Waals surface area contributed by atoms with Crippen molar-refractivity contribution in [2.24, 2.45) is 0 Å². The Morgan fingerprint density at radius 2 is 1.95 bits per heavy atom. The van der Waals surface area contributed by atoms with Crippen molar-refractivity contribution >= 4 is 18.2 Å². The number of nitrogens with zero attached hydrogens (tertiary/aromatic N) is 3. The molecular weight excluding hydrogens is 474 g/mol. The summed E-state index contributed by atoms with van der Waals surface area (Å²) in [5.74, 6) is 0.505. The van der Waals surface area contributed by atoms with Crippen LogP contribution in [-0.2, 0) is 4.74 Å². The molecule has 2 aliphatic rings. The minimum absolute atomic E-state index is 0.00136. The molecule has 10 heteroatoms. The van der Waals surface area contributed by atoms with Gasteiger partial charge in [-0.15, -0.1) is 4.58 Å². The summed E-state index contributed by atoms with van der Waals surface area (Å²) in [5.41, 5.74) is 0.844. The van der Waals surface area contributed by atoms with E-state index in [-0.39, 0.29) is 23.7 Å². The van der Waals surface area contributed by atoms with Gasteiger partial charge in [-0.05, 0) is 77.9 Å². The molecule has 2 aliphatic heterocycles. The molecule has 198 valence electrons. The van der Waals surface area contributed by atoms with Crippen LogP contribution in [0.1, 0.15) is 57.4 Å². The van der Waals surface area contributed by atoms with E-state index in [1.165, 1.54) is 4.58 Å². The number of ether oxygens (including phenoxy) is 3. The Kier molecular flexibility index (Phi) is 8.38. The van der Waals surface area contributed by atoms with Crippen molar-refractivity contribution in [1.29, 1.82) is 0 Å². The standard InChI is InChI=1S/C27H35N5O5/c1-5-35-25-20(7-6-13-29-25)21-8-9-22(36-19-10-14-28-15-11-19)23(31-21)24(33)30-18-12-16-32(17-18)26(34)37-27(2,3)4/h6-9,13,17-19,28H,5,10-12,14-16H2,1-4H3/p+1/t18-/m1/s1. The quantitative estimate of drug-likeness (QED) is 0.546. The predicted molar refractivity (Wildman–Crippen MR) is 138 cm³/mol. The van der Waals surface area contributed by atoms with Crippen LogP contribution in [0.4, 0.5) is 4.79 Å². The molecule has 2 aromatic rings. The topological polar surface area (TPSA) is 115 Å². The summed E-state index contributed by atoms with van der Waals surface area (Å²) in [6.45, 7) is 10.00. The van der Waals surface area contributed by atoms with E-state index < -0.39 is 11.7 Å². The van der Waals surface area contributed by atoms with E-state index in [1.807, 2.05) is 39.8 Å². The maximum Gasteiger partial charge on any atom is 0.596 e. The third kappa shape index (κ3) is 7.03. The molecule has 2 aromatic heterocycles. The normalized spacial score (nSPS) is 18.2. The van der Waals surface area contributed by atoms with Gasteiger partial charge in [0.25, 0.3) is 5.91 Å². The molecule has 0 unspecified atom stereocenters. The Morgan fingerprint density at radius 3 is 2.68 bits per heavy atom. The third-order valence-electron chi connectivity index (χ3n) is 5.97. The average Bonchev–Trinajstić information content (AvgIpc) is 3.33. The van der Waals surface area contributed by atoms with E-state index in [0.717, 1.165) is 25.9 Å². The lowest BCUT2D eigenvalue weighted by Crippen LogP contribution is -2.37. The molecule has 0 radical (unpaired) electrons. The molecule has 0 bridgehead atoms. The highest BCUT2D eigenvalue weighted by atomic mass is 16.6. The first-order valence-corrected chi connectivity index (χ1v) is 12.9. The average molecular weight is 511 g/mol. The summed E-state index contributed by atoms with van der Waals surface area (Å²) in [6.07, 6.45) is 5.19. The van der Waals surface area contributed by atoms with Crippen molar-refractivity contribution in [2.45, 2.75) is 64.7 Å². The van der Waals surface area contributed by atoms with Crippen LogP contribution in [0.3, 0.4) is 0 Å². The van der Waals surface area contributed by atoms with Gasteiger partial charge in [0.1, 0.15) is 17.7 Å². The fourth-order valence-corrected chi connectivity index (χ4v) is 4.25. The second kappa shape index (κ2) is 11.7. The Labute approximate surface area is 217 Å². The number of hydrogen-bond acceptors (Lipinski definition) is 8. The molecule has 37 heavy (non-hydrogen) atoms. The number of carbonyl (C=O) groups is 2. The van der Waals surface area contributed by atoms with Gasteiger partial charge < -0.3 is 24.8 Å². The molecule has 0 spiro atoms. The van der Waals surface area contributed by atoms with Crippen molar-refractivity contribution in [3.63, 3.8) is 0 Å². The summed E-state index contributed by atoms with van der Waals surface area (Å²) in [4.78, 5) is 34.9. The van der Waals surface area contributed by atoms with Crippen LogP contribution in [-0.4, -0.2) is 76.7 Å². The van der Waals surface area contributed by atoms with Crippen LogP contribution in [0.2, 0.25) is 0 Å². The van der Waals surface area contributed by atoms with Gasteiger partial charge in [0.05, 0.1) is 17.9 Å². The Hall–Kier alpha value is -3.53. The first-order chi connectivity index (χ1) is 17.7. The first-order valence-electron chi connectivity index (χ1n) is 12.9. The number of aromatic nitrogens is 2. The molecule has 0 saturated carbocycles. The van der Waals surface area contributed by atoms with Gasteiger partial charge in [0.15, 0.2) is 24.2 Å². The fraction of sp³-hybridized carbons (Fsp3) is 0.519. The number of piperidine rings is 1. The van der Waals surface area contributed by atoms with E-state index in [4.69, 9.17) is 19.2 Å². The van der Waals surface area contributed by atoms with E-state index in [2.05, 4.69) is 15.6 Å². The van der Waals surface area contributed by atoms with Crippen LogP contribution in [0.25, 0.3) is 11.3 Å². The molecule has 4 rings (SSSR count). The van der Waals surface area contributed by atoms with Crippen molar-refractivity contribution < 1.29 is 28.4 Å². The summed E-state index contributed by atoms with van der Waals surface area (Å²) >= 11 is 0. The molecular formula is C27H36N5O5+. The van der Waals surface area contributed by atoms with Crippen molar-refractivity contribution in [1.82, 2.24) is 20.6 Å². The molecule has 1 fully saturated rings. The van der Waals surface area contributed by atoms with E-state index in [9.17, 15) is 9.59 Å². The lowest BCUT2D eigenvalue weighted by atomic mass is 10.1. The van der Waals surface area contributed by atoms with Crippen molar-refractivity contribution in [3.8, 4) is 22.9 Å². The van der Waals surface area contributed by atoms with Gasteiger partial charge in [0.2, 0.25) is 5.88 Å². The van der Waals surface area contributed by atoms with Gasteiger partial charge in [-0.3, -0.25) is 4.79 Å². The molecule has 2 amide bonds. The highest BCUT2D eigenvalue weighted by Gasteiger charge is 2.34. The van der Waals surface area contributed by atoms with Crippen molar-refractivity contribution in [3.05, 3.63) is 36.2 Å². The number of hydrogen-bond donors (Lipinski definition) is 2.